The summed E-state index contributed by atoms with van der Waals surface area (Å²) in [6, 6.07) is 0. The van der Waals surface area contributed by atoms with E-state index in [0.29, 0.717) is 11.8 Å². The van der Waals surface area contributed by atoms with E-state index in [1.807, 2.05) is 0 Å². The molecule has 0 spiro atoms. The lowest BCUT2D eigenvalue weighted by molar-refractivity contribution is 0.663. The van der Waals surface area contributed by atoms with Crippen LogP contribution >= 0.6 is 23.2 Å². The fraction of sp³-hybridized carbons (Fsp3) is 1.00. The van der Waals surface area contributed by atoms with Crippen LogP contribution in [0.15, 0.2) is 0 Å². The molecule has 0 aromatic carbocycles. The van der Waals surface area contributed by atoms with E-state index in [1.165, 1.54) is 0 Å². The third kappa shape index (κ3) is 1.08. The van der Waals surface area contributed by atoms with Gasteiger partial charge in [-0.15, -0.1) is 23.2 Å². The lowest BCUT2D eigenvalue weighted by atomic mass is 10.2. The second-order valence-electron chi connectivity index (χ2n) is 2.70. The third-order valence-corrected chi connectivity index (χ3v) is 3.37. The molecule has 0 N–H and O–H groups in total. The molecular formula is C7H12Cl2. The van der Waals surface area contributed by atoms with Crippen molar-refractivity contribution in [1.82, 2.24) is 0 Å². The molecule has 0 aromatic rings. The van der Waals surface area contributed by atoms with Crippen LogP contribution < -0.4 is 0 Å². The van der Waals surface area contributed by atoms with Crippen molar-refractivity contribution in [3.8, 4) is 0 Å². The molecule has 1 rings (SSSR count). The minimum Gasteiger partial charge on any atom is -0.101 e. The average molecular weight is 167 g/mol. The Bertz CT molecular complexity index is 97.5. The molecule has 0 nitrogen and oxygen atoms in total. The molecule has 0 bridgehead atoms. The molecule has 0 amide bonds. The summed E-state index contributed by atoms with van der Waals surface area (Å²) < 4.78 is -0.372. The van der Waals surface area contributed by atoms with Crippen LogP contribution in [0.1, 0.15) is 26.7 Å². The van der Waals surface area contributed by atoms with E-state index in [0.717, 1.165) is 12.8 Å². The van der Waals surface area contributed by atoms with Gasteiger partial charge in [0.05, 0.1) is 0 Å². The van der Waals surface area contributed by atoms with E-state index >= 15 is 0 Å². The first kappa shape index (κ1) is 7.68. The first-order valence-electron chi connectivity index (χ1n) is 3.52. The van der Waals surface area contributed by atoms with Gasteiger partial charge in [0.2, 0.25) is 0 Å². The standard InChI is InChI=1S/C7H12Cl2/c1-3-5-6(4-2)7(5,8)9/h5-6H,3-4H2,1-2H3. The summed E-state index contributed by atoms with van der Waals surface area (Å²) in [6.07, 6.45) is 2.23. The number of alkyl halides is 2. The second-order valence-corrected chi connectivity index (χ2v) is 4.15. The van der Waals surface area contributed by atoms with Gasteiger partial charge in [0.25, 0.3) is 0 Å². The van der Waals surface area contributed by atoms with Gasteiger partial charge < -0.3 is 0 Å². The van der Waals surface area contributed by atoms with Crippen molar-refractivity contribution >= 4 is 23.2 Å². The molecule has 0 saturated heterocycles. The summed E-state index contributed by atoms with van der Waals surface area (Å²) >= 11 is 11.9. The zero-order valence-corrected chi connectivity index (χ0v) is 7.34. The number of hydrogen-bond donors (Lipinski definition) is 0. The molecule has 0 heterocycles. The molecule has 0 aromatic heterocycles. The Hall–Kier alpha value is 0.580. The van der Waals surface area contributed by atoms with Gasteiger partial charge in [-0.2, -0.15) is 0 Å². The zero-order chi connectivity index (χ0) is 7.07. The highest BCUT2D eigenvalue weighted by molar-refractivity contribution is 6.51. The van der Waals surface area contributed by atoms with E-state index in [4.69, 9.17) is 23.2 Å². The molecule has 0 aliphatic heterocycles. The summed E-state index contributed by atoms with van der Waals surface area (Å²) in [7, 11) is 0. The van der Waals surface area contributed by atoms with E-state index in [-0.39, 0.29) is 4.33 Å². The quantitative estimate of drug-likeness (QED) is 0.554. The van der Waals surface area contributed by atoms with E-state index in [9.17, 15) is 0 Å². The van der Waals surface area contributed by atoms with Crippen LogP contribution in [0.25, 0.3) is 0 Å². The monoisotopic (exact) mass is 166 g/mol. The molecule has 0 radical (unpaired) electrons. The highest BCUT2D eigenvalue weighted by Crippen LogP contribution is 2.61. The predicted octanol–water partition coefficient (Wildman–Crippen LogP) is 3.23. The molecule has 2 unspecified atom stereocenters. The Kier molecular flexibility index (Phi) is 1.98. The van der Waals surface area contributed by atoms with Crippen molar-refractivity contribution in [3.63, 3.8) is 0 Å². The highest BCUT2D eigenvalue weighted by Gasteiger charge is 2.60. The van der Waals surface area contributed by atoms with Crippen molar-refractivity contribution in [1.29, 1.82) is 0 Å². The number of hydrogen-bond acceptors (Lipinski definition) is 0. The van der Waals surface area contributed by atoms with Crippen molar-refractivity contribution in [2.75, 3.05) is 0 Å². The summed E-state index contributed by atoms with van der Waals surface area (Å²) in [6.45, 7) is 4.28. The fourth-order valence-electron chi connectivity index (χ4n) is 1.57. The number of rotatable bonds is 2. The molecule has 9 heavy (non-hydrogen) atoms. The van der Waals surface area contributed by atoms with Gasteiger partial charge in [-0.3, -0.25) is 0 Å². The molecule has 2 atom stereocenters. The van der Waals surface area contributed by atoms with E-state index < -0.39 is 0 Å². The molecular weight excluding hydrogens is 155 g/mol. The highest BCUT2D eigenvalue weighted by atomic mass is 35.5. The van der Waals surface area contributed by atoms with Gasteiger partial charge in [-0.25, -0.2) is 0 Å². The van der Waals surface area contributed by atoms with Gasteiger partial charge >= 0.3 is 0 Å². The van der Waals surface area contributed by atoms with Crippen LogP contribution in [0.3, 0.4) is 0 Å². The van der Waals surface area contributed by atoms with Crippen LogP contribution in [0.4, 0.5) is 0 Å². The lowest BCUT2D eigenvalue weighted by Crippen LogP contribution is -1.88. The maximum atomic E-state index is 5.94. The fourth-order valence-corrected chi connectivity index (χ4v) is 2.67. The molecule has 2 heteroatoms. The molecule has 1 fully saturated rings. The Balaban J connectivity index is 2.45. The van der Waals surface area contributed by atoms with Gasteiger partial charge in [-0.05, 0) is 11.8 Å². The minimum absolute atomic E-state index is 0.372. The Labute approximate surface area is 66.5 Å². The smallest absolute Gasteiger partial charge is 0.101 e. The molecule has 1 aliphatic rings. The third-order valence-electron chi connectivity index (χ3n) is 2.24. The maximum absolute atomic E-state index is 5.94. The van der Waals surface area contributed by atoms with Crippen LogP contribution in [-0.2, 0) is 0 Å². The Morgan fingerprint density at radius 1 is 1.11 bits per heavy atom. The number of halogens is 2. The summed E-state index contributed by atoms with van der Waals surface area (Å²) in [5, 5.41) is 0. The van der Waals surface area contributed by atoms with Crippen LogP contribution in [-0.4, -0.2) is 4.33 Å². The van der Waals surface area contributed by atoms with Gasteiger partial charge in [0, 0.05) is 0 Å². The lowest BCUT2D eigenvalue weighted by Gasteiger charge is -1.91. The second kappa shape index (κ2) is 2.32. The van der Waals surface area contributed by atoms with Gasteiger partial charge in [0.15, 0.2) is 0 Å². The first-order chi connectivity index (χ1) is 4.14. The van der Waals surface area contributed by atoms with Gasteiger partial charge in [0.1, 0.15) is 4.33 Å². The van der Waals surface area contributed by atoms with Crippen molar-refractivity contribution < 1.29 is 0 Å². The van der Waals surface area contributed by atoms with Crippen LogP contribution in [0.5, 0.6) is 0 Å². The summed E-state index contributed by atoms with van der Waals surface area (Å²) in [5.41, 5.74) is 0. The molecule has 54 valence electrons. The minimum atomic E-state index is -0.372. The van der Waals surface area contributed by atoms with Crippen molar-refractivity contribution in [2.45, 2.75) is 31.0 Å². The van der Waals surface area contributed by atoms with Crippen molar-refractivity contribution in [3.05, 3.63) is 0 Å². The van der Waals surface area contributed by atoms with Crippen molar-refractivity contribution in [2.24, 2.45) is 11.8 Å². The normalized spacial score (nSPS) is 38.7. The SMILES string of the molecule is CCC1C(CC)C1(Cl)Cl. The first-order valence-corrected chi connectivity index (χ1v) is 4.28. The molecule has 1 aliphatic carbocycles. The summed E-state index contributed by atoms with van der Waals surface area (Å²) in [5.74, 6) is 1.12. The predicted molar refractivity (Wildman–Crippen MR) is 42.0 cm³/mol. The Morgan fingerprint density at radius 2 is 1.44 bits per heavy atom. The largest absolute Gasteiger partial charge is 0.124 e. The maximum Gasteiger partial charge on any atom is 0.124 e. The van der Waals surface area contributed by atoms with E-state index in [2.05, 4.69) is 13.8 Å². The van der Waals surface area contributed by atoms with Crippen LogP contribution in [0.2, 0.25) is 0 Å². The van der Waals surface area contributed by atoms with E-state index in [1.54, 1.807) is 0 Å². The zero-order valence-electron chi connectivity index (χ0n) is 5.82. The average Bonchev–Trinajstić information content (AvgIpc) is 2.32. The van der Waals surface area contributed by atoms with Crippen LogP contribution in [0, 0.1) is 11.8 Å². The van der Waals surface area contributed by atoms with Gasteiger partial charge in [-0.1, -0.05) is 26.7 Å². The topological polar surface area (TPSA) is 0 Å². The Morgan fingerprint density at radius 3 is 1.56 bits per heavy atom. The summed E-state index contributed by atoms with van der Waals surface area (Å²) in [4.78, 5) is 0. The molecule has 1 saturated carbocycles.